The van der Waals surface area contributed by atoms with E-state index in [1.807, 2.05) is 54.6 Å². The SMILES string of the molecule is O=C(CCc1ccccc1)Nc1ccc(NC2CC2)cc1. The van der Waals surface area contributed by atoms with Gasteiger partial charge in [0.1, 0.15) is 0 Å². The van der Waals surface area contributed by atoms with Crippen LogP contribution in [-0.2, 0) is 11.2 Å². The van der Waals surface area contributed by atoms with E-state index < -0.39 is 0 Å². The van der Waals surface area contributed by atoms with Gasteiger partial charge in [0, 0.05) is 23.8 Å². The Bertz CT molecular complexity index is 588. The van der Waals surface area contributed by atoms with E-state index in [1.54, 1.807) is 0 Å². The highest BCUT2D eigenvalue weighted by atomic mass is 16.1. The van der Waals surface area contributed by atoms with E-state index in [0.717, 1.165) is 17.8 Å². The predicted molar refractivity (Wildman–Crippen MR) is 86.5 cm³/mol. The van der Waals surface area contributed by atoms with Gasteiger partial charge in [0.25, 0.3) is 0 Å². The minimum Gasteiger partial charge on any atom is -0.382 e. The molecule has 3 rings (SSSR count). The lowest BCUT2D eigenvalue weighted by Crippen LogP contribution is -2.12. The van der Waals surface area contributed by atoms with Crippen LogP contribution in [0.25, 0.3) is 0 Å². The van der Waals surface area contributed by atoms with Crippen LogP contribution in [0.5, 0.6) is 0 Å². The minimum atomic E-state index is 0.0572. The van der Waals surface area contributed by atoms with E-state index >= 15 is 0 Å². The third-order valence-corrected chi connectivity index (χ3v) is 3.60. The van der Waals surface area contributed by atoms with Crippen molar-refractivity contribution in [3.05, 3.63) is 60.2 Å². The molecule has 21 heavy (non-hydrogen) atoms. The van der Waals surface area contributed by atoms with Gasteiger partial charge in [0.15, 0.2) is 0 Å². The first-order chi connectivity index (χ1) is 10.3. The van der Waals surface area contributed by atoms with Crippen molar-refractivity contribution in [3.8, 4) is 0 Å². The molecule has 0 spiro atoms. The molecule has 2 aromatic rings. The molecule has 0 heterocycles. The van der Waals surface area contributed by atoms with Crippen molar-refractivity contribution in [2.45, 2.75) is 31.7 Å². The van der Waals surface area contributed by atoms with Crippen LogP contribution in [0.1, 0.15) is 24.8 Å². The molecule has 1 aliphatic rings. The zero-order chi connectivity index (χ0) is 14.5. The molecule has 0 unspecified atom stereocenters. The Kier molecular flexibility index (Phi) is 4.20. The zero-order valence-corrected chi connectivity index (χ0v) is 12.0. The van der Waals surface area contributed by atoms with Crippen molar-refractivity contribution >= 4 is 17.3 Å². The minimum absolute atomic E-state index is 0.0572. The first-order valence-corrected chi connectivity index (χ1v) is 7.50. The van der Waals surface area contributed by atoms with Gasteiger partial charge >= 0.3 is 0 Å². The van der Waals surface area contributed by atoms with Crippen LogP contribution in [0.2, 0.25) is 0 Å². The van der Waals surface area contributed by atoms with Crippen LogP contribution in [0.4, 0.5) is 11.4 Å². The molecule has 1 aliphatic carbocycles. The summed E-state index contributed by atoms with van der Waals surface area (Å²) in [6.07, 6.45) is 3.80. The summed E-state index contributed by atoms with van der Waals surface area (Å²) < 4.78 is 0. The summed E-state index contributed by atoms with van der Waals surface area (Å²) in [5.74, 6) is 0.0572. The van der Waals surface area contributed by atoms with Gasteiger partial charge < -0.3 is 10.6 Å². The first-order valence-electron chi connectivity index (χ1n) is 7.50. The lowest BCUT2D eigenvalue weighted by Gasteiger charge is -2.08. The van der Waals surface area contributed by atoms with Crippen LogP contribution in [-0.4, -0.2) is 11.9 Å². The summed E-state index contributed by atoms with van der Waals surface area (Å²) in [5, 5.41) is 6.37. The smallest absolute Gasteiger partial charge is 0.224 e. The highest BCUT2D eigenvalue weighted by Crippen LogP contribution is 2.25. The molecular formula is C18H20N2O. The Morgan fingerprint density at radius 1 is 0.952 bits per heavy atom. The predicted octanol–water partition coefficient (Wildman–Crippen LogP) is 3.83. The third kappa shape index (κ3) is 4.35. The number of anilines is 2. The van der Waals surface area contributed by atoms with Gasteiger partial charge in [0.2, 0.25) is 5.91 Å². The molecule has 0 atom stereocenters. The molecule has 3 nitrogen and oxygen atoms in total. The maximum atomic E-state index is 11.9. The van der Waals surface area contributed by atoms with Crippen LogP contribution in [0.15, 0.2) is 54.6 Å². The number of carbonyl (C=O) groups is 1. The largest absolute Gasteiger partial charge is 0.382 e. The average molecular weight is 280 g/mol. The average Bonchev–Trinajstić information content (AvgIpc) is 3.32. The van der Waals surface area contributed by atoms with E-state index in [0.29, 0.717) is 12.5 Å². The van der Waals surface area contributed by atoms with Gasteiger partial charge in [-0.25, -0.2) is 0 Å². The Labute approximate surface area is 125 Å². The van der Waals surface area contributed by atoms with Crippen LogP contribution >= 0.6 is 0 Å². The van der Waals surface area contributed by atoms with Gasteiger partial charge in [-0.2, -0.15) is 0 Å². The molecule has 1 amide bonds. The summed E-state index contributed by atoms with van der Waals surface area (Å²) >= 11 is 0. The second-order valence-electron chi connectivity index (χ2n) is 5.53. The highest BCUT2D eigenvalue weighted by Gasteiger charge is 2.20. The topological polar surface area (TPSA) is 41.1 Å². The summed E-state index contributed by atoms with van der Waals surface area (Å²) in [4.78, 5) is 11.9. The molecule has 3 heteroatoms. The number of benzene rings is 2. The van der Waals surface area contributed by atoms with E-state index in [4.69, 9.17) is 0 Å². The van der Waals surface area contributed by atoms with Gasteiger partial charge in [-0.15, -0.1) is 0 Å². The lowest BCUT2D eigenvalue weighted by atomic mass is 10.1. The number of hydrogen-bond acceptors (Lipinski definition) is 2. The first kappa shape index (κ1) is 13.7. The fourth-order valence-corrected chi connectivity index (χ4v) is 2.24. The summed E-state index contributed by atoms with van der Waals surface area (Å²) in [5.41, 5.74) is 3.17. The zero-order valence-electron chi connectivity index (χ0n) is 12.0. The molecule has 0 aromatic heterocycles. The Hall–Kier alpha value is -2.29. The van der Waals surface area contributed by atoms with Crippen LogP contribution < -0.4 is 10.6 Å². The van der Waals surface area contributed by atoms with E-state index in [1.165, 1.54) is 18.4 Å². The number of carbonyl (C=O) groups excluding carboxylic acids is 1. The second-order valence-corrected chi connectivity index (χ2v) is 5.53. The van der Waals surface area contributed by atoms with Gasteiger partial charge in [-0.3, -0.25) is 4.79 Å². The molecule has 0 bridgehead atoms. The monoisotopic (exact) mass is 280 g/mol. The van der Waals surface area contributed by atoms with Gasteiger partial charge in [0.05, 0.1) is 0 Å². The quantitative estimate of drug-likeness (QED) is 0.844. The Morgan fingerprint density at radius 2 is 1.62 bits per heavy atom. The standard InChI is InChI=1S/C18H20N2O/c21-18(13-6-14-4-2-1-3-5-14)20-17-11-9-16(10-12-17)19-15-7-8-15/h1-5,9-12,15,19H,6-8,13H2,(H,20,21). The molecule has 0 saturated heterocycles. The van der Waals surface area contributed by atoms with E-state index in [2.05, 4.69) is 10.6 Å². The molecule has 0 aliphatic heterocycles. The number of hydrogen-bond donors (Lipinski definition) is 2. The molecule has 108 valence electrons. The van der Waals surface area contributed by atoms with Crippen molar-refractivity contribution in [2.24, 2.45) is 0 Å². The van der Waals surface area contributed by atoms with Crippen LogP contribution in [0.3, 0.4) is 0 Å². The fraction of sp³-hybridized carbons (Fsp3) is 0.278. The molecule has 1 fully saturated rings. The van der Waals surface area contributed by atoms with E-state index in [9.17, 15) is 4.79 Å². The third-order valence-electron chi connectivity index (χ3n) is 3.60. The molecule has 2 aromatic carbocycles. The van der Waals surface area contributed by atoms with Crippen molar-refractivity contribution in [1.29, 1.82) is 0 Å². The summed E-state index contributed by atoms with van der Waals surface area (Å²) in [6, 6.07) is 18.7. The molecule has 2 N–H and O–H groups in total. The maximum absolute atomic E-state index is 11.9. The Balaban J connectivity index is 1.47. The van der Waals surface area contributed by atoms with Crippen molar-refractivity contribution in [3.63, 3.8) is 0 Å². The highest BCUT2D eigenvalue weighted by molar-refractivity contribution is 5.91. The van der Waals surface area contributed by atoms with Gasteiger partial charge in [-0.05, 0) is 49.1 Å². The summed E-state index contributed by atoms with van der Waals surface area (Å²) in [7, 11) is 0. The van der Waals surface area contributed by atoms with Crippen LogP contribution in [0, 0.1) is 0 Å². The van der Waals surface area contributed by atoms with Gasteiger partial charge in [-0.1, -0.05) is 30.3 Å². The normalized spacial score (nSPS) is 13.7. The summed E-state index contributed by atoms with van der Waals surface area (Å²) in [6.45, 7) is 0. The van der Waals surface area contributed by atoms with Crippen molar-refractivity contribution < 1.29 is 4.79 Å². The van der Waals surface area contributed by atoms with Crippen molar-refractivity contribution in [1.82, 2.24) is 0 Å². The van der Waals surface area contributed by atoms with Crippen molar-refractivity contribution in [2.75, 3.05) is 10.6 Å². The Morgan fingerprint density at radius 3 is 2.29 bits per heavy atom. The lowest BCUT2D eigenvalue weighted by molar-refractivity contribution is -0.116. The molecule has 1 saturated carbocycles. The number of amides is 1. The second kappa shape index (κ2) is 6.44. The number of aryl methyl sites for hydroxylation is 1. The number of rotatable bonds is 6. The number of nitrogens with one attached hydrogen (secondary N) is 2. The van der Waals surface area contributed by atoms with E-state index in [-0.39, 0.29) is 5.91 Å². The molecule has 0 radical (unpaired) electrons. The maximum Gasteiger partial charge on any atom is 0.224 e. The molecular weight excluding hydrogens is 260 g/mol. The fourth-order valence-electron chi connectivity index (χ4n) is 2.24.